The van der Waals surface area contributed by atoms with Gasteiger partial charge in [-0.05, 0) is 18.6 Å². The summed E-state index contributed by atoms with van der Waals surface area (Å²) in [5, 5.41) is 3.32. The molecule has 2 nitrogen and oxygen atoms in total. The van der Waals surface area contributed by atoms with Crippen molar-refractivity contribution in [2.45, 2.75) is 13.5 Å². The quantitative estimate of drug-likeness (QED) is 0.689. The molecule has 0 amide bonds. The molecule has 0 aliphatic carbocycles. The molecule has 0 saturated heterocycles. The molecule has 0 saturated carbocycles. The van der Waals surface area contributed by atoms with Gasteiger partial charge < -0.3 is 10.1 Å². The van der Waals surface area contributed by atoms with Crippen LogP contribution in [-0.2, 0) is 6.54 Å². The van der Waals surface area contributed by atoms with Crippen LogP contribution in [0.1, 0.15) is 11.1 Å². The van der Waals surface area contributed by atoms with E-state index in [-0.39, 0.29) is 12.4 Å². The highest BCUT2D eigenvalue weighted by molar-refractivity contribution is 5.85. The molecule has 1 aromatic carbocycles. The van der Waals surface area contributed by atoms with Gasteiger partial charge in [0.05, 0.1) is 0 Å². The smallest absolute Gasteiger partial charge is 0.124 e. The molecule has 0 spiro atoms. The lowest BCUT2D eigenvalue weighted by atomic mass is 10.1. The van der Waals surface area contributed by atoms with Crippen LogP contribution < -0.4 is 10.1 Å². The second-order valence-corrected chi connectivity index (χ2v) is 3.08. The summed E-state index contributed by atoms with van der Waals surface area (Å²) in [6, 6.07) is 6.20. The molecule has 1 heterocycles. The van der Waals surface area contributed by atoms with Crippen molar-refractivity contribution in [1.82, 2.24) is 5.32 Å². The van der Waals surface area contributed by atoms with Gasteiger partial charge in [0.25, 0.3) is 0 Å². The van der Waals surface area contributed by atoms with E-state index in [1.807, 2.05) is 12.1 Å². The van der Waals surface area contributed by atoms with Gasteiger partial charge in [-0.2, -0.15) is 0 Å². The Balaban J connectivity index is 0.000000845. The maximum Gasteiger partial charge on any atom is 0.124 e. The average Bonchev–Trinajstić information content (AvgIpc) is 2.30. The lowest BCUT2D eigenvalue weighted by molar-refractivity contribution is 0.325. The minimum absolute atomic E-state index is 0. The third kappa shape index (κ3) is 2.14. The fourth-order valence-corrected chi connectivity index (χ4v) is 1.48. The average molecular weight is 200 g/mol. The number of hydrogen-bond acceptors (Lipinski definition) is 2. The summed E-state index contributed by atoms with van der Waals surface area (Å²) >= 11 is 0. The molecule has 1 aliphatic heterocycles. The summed E-state index contributed by atoms with van der Waals surface area (Å²) in [4.78, 5) is 0. The Morgan fingerprint density at radius 3 is 3.08 bits per heavy atom. The van der Waals surface area contributed by atoms with E-state index in [1.165, 1.54) is 11.1 Å². The Morgan fingerprint density at radius 1 is 1.38 bits per heavy atom. The molecule has 0 fully saturated rings. The minimum atomic E-state index is 0. The second-order valence-electron chi connectivity index (χ2n) is 3.08. The van der Waals surface area contributed by atoms with E-state index in [0.717, 1.165) is 25.4 Å². The number of rotatable bonds is 0. The number of hydrogen-bond donors (Lipinski definition) is 1. The van der Waals surface area contributed by atoms with Crippen LogP contribution >= 0.6 is 12.4 Å². The van der Waals surface area contributed by atoms with E-state index in [4.69, 9.17) is 4.74 Å². The molecular formula is C10H14ClNO. The molecule has 3 heteroatoms. The van der Waals surface area contributed by atoms with Crippen LogP contribution in [0.5, 0.6) is 5.75 Å². The highest BCUT2D eigenvalue weighted by Crippen LogP contribution is 2.22. The fourth-order valence-electron chi connectivity index (χ4n) is 1.48. The SMILES string of the molecule is Cc1cccc2c1CNCCO2.Cl. The lowest BCUT2D eigenvalue weighted by Gasteiger charge is -2.07. The Kier molecular flexibility index (Phi) is 3.58. The number of nitrogens with one attached hydrogen (secondary N) is 1. The molecule has 0 radical (unpaired) electrons. The first-order valence-corrected chi connectivity index (χ1v) is 4.30. The predicted octanol–water partition coefficient (Wildman–Crippen LogP) is 1.90. The molecule has 0 bridgehead atoms. The maximum atomic E-state index is 5.57. The zero-order chi connectivity index (χ0) is 8.39. The molecule has 0 atom stereocenters. The van der Waals surface area contributed by atoms with Crippen LogP contribution in [0.2, 0.25) is 0 Å². The summed E-state index contributed by atoms with van der Waals surface area (Å²) in [7, 11) is 0. The first kappa shape index (κ1) is 10.4. The van der Waals surface area contributed by atoms with Crippen molar-refractivity contribution in [3.05, 3.63) is 29.3 Å². The van der Waals surface area contributed by atoms with E-state index in [2.05, 4.69) is 18.3 Å². The maximum absolute atomic E-state index is 5.57. The normalized spacial score (nSPS) is 14.8. The van der Waals surface area contributed by atoms with Crippen molar-refractivity contribution in [1.29, 1.82) is 0 Å². The summed E-state index contributed by atoms with van der Waals surface area (Å²) < 4.78 is 5.57. The van der Waals surface area contributed by atoms with Crippen molar-refractivity contribution >= 4 is 12.4 Å². The number of benzene rings is 1. The van der Waals surface area contributed by atoms with Crippen LogP contribution in [0, 0.1) is 6.92 Å². The van der Waals surface area contributed by atoms with Gasteiger partial charge >= 0.3 is 0 Å². The van der Waals surface area contributed by atoms with E-state index >= 15 is 0 Å². The van der Waals surface area contributed by atoms with E-state index in [0.29, 0.717) is 0 Å². The standard InChI is InChI=1S/C10H13NO.ClH/c1-8-3-2-4-10-9(8)7-11-5-6-12-10;/h2-4,11H,5-7H2,1H3;1H. The van der Waals surface area contributed by atoms with Crippen molar-refractivity contribution in [2.75, 3.05) is 13.2 Å². The van der Waals surface area contributed by atoms with Crippen LogP contribution in [-0.4, -0.2) is 13.2 Å². The van der Waals surface area contributed by atoms with Crippen LogP contribution in [0.4, 0.5) is 0 Å². The molecule has 72 valence electrons. The monoisotopic (exact) mass is 199 g/mol. The first-order valence-electron chi connectivity index (χ1n) is 4.30. The third-order valence-corrected chi connectivity index (χ3v) is 2.21. The molecule has 2 rings (SSSR count). The minimum Gasteiger partial charge on any atom is -0.492 e. The highest BCUT2D eigenvalue weighted by Gasteiger charge is 2.08. The summed E-state index contributed by atoms with van der Waals surface area (Å²) in [5.41, 5.74) is 2.61. The zero-order valence-corrected chi connectivity index (χ0v) is 8.49. The largest absolute Gasteiger partial charge is 0.492 e. The third-order valence-electron chi connectivity index (χ3n) is 2.21. The van der Waals surface area contributed by atoms with Gasteiger partial charge in [0.2, 0.25) is 0 Å². The van der Waals surface area contributed by atoms with Gasteiger partial charge in [-0.15, -0.1) is 12.4 Å². The Hall–Kier alpha value is -0.730. The van der Waals surface area contributed by atoms with Gasteiger partial charge in [-0.25, -0.2) is 0 Å². The molecule has 1 aromatic rings. The van der Waals surface area contributed by atoms with E-state index in [9.17, 15) is 0 Å². The van der Waals surface area contributed by atoms with Gasteiger partial charge in [0, 0.05) is 18.7 Å². The second kappa shape index (κ2) is 4.49. The van der Waals surface area contributed by atoms with Crippen molar-refractivity contribution < 1.29 is 4.74 Å². The van der Waals surface area contributed by atoms with Crippen LogP contribution in [0.15, 0.2) is 18.2 Å². The van der Waals surface area contributed by atoms with Gasteiger partial charge in [0.15, 0.2) is 0 Å². The van der Waals surface area contributed by atoms with Crippen molar-refractivity contribution in [3.63, 3.8) is 0 Å². The fraction of sp³-hybridized carbons (Fsp3) is 0.400. The van der Waals surface area contributed by atoms with Gasteiger partial charge in [-0.1, -0.05) is 12.1 Å². The highest BCUT2D eigenvalue weighted by atomic mass is 35.5. The Bertz CT molecular complexity index is 288. The number of aryl methyl sites for hydroxylation is 1. The molecular weight excluding hydrogens is 186 g/mol. The first-order chi connectivity index (χ1) is 5.88. The van der Waals surface area contributed by atoms with Crippen LogP contribution in [0.25, 0.3) is 0 Å². The predicted molar refractivity (Wildman–Crippen MR) is 55.6 cm³/mol. The van der Waals surface area contributed by atoms with Crippen molar-refractivity contribution in [3.8, 4) is 5.75 Å². The number of ether oxygens (including phenoxy) is 1. The molecule has 1 aliphatic rings. The van der Waals surface area contributed by atoms with Gasteiger partial charge in [0.1, 0.15) is 12.4 Å². The van der Waals surface area contributed by atoms with E-state index in [1.54, 1.807) is 0 Å². The number of fused-ring (bicyclic) bond motifs is 1. The van der Waals surface area contributed by atoms with E-state index < -0.39 is 0 Å². The Labute approximate surface area is 84.7 Å². The zero-order valence-electron chi connectivity index (χ0n) is 7.67. The number of halogens is 1. The molecule has 13 heavy (non-hydrogen) atoms. The molecule has 1 N–H and O–H groups in total. The lowest BCUT2D eigenvalue weighted by Crippen LogP contribution is -2.16. The summed E-state index contributed by atoms with van der Waals surface area (Å²) in [5.74, 6) is 1.04. The van der Waals surface area contributed by atoms with Crippen molar-refractivity contribution in [2.24, 2.45) is 0 Å². The molecule has 0 aromatic heterocycles. The molecule has 0 unspecified atom stereocenters. The summed E-state index contributed by atoms with van der Waals surface area (Å²) in [6.07, 6.45) is 0. The topological polar surface area (TPSA) is 21.3 Å². The summed E-state index contributed by atoms with van der Waals surface area (Å²) in [6.45, 7) is 4.77. The van der Waals surface area contributed by atoms with Crippen LogP contribution in [0.3, 0.4) is 0 Å². The Morgan fingerprint density at radius 2 is 2.23 bits per heavy atom. The van der Waals surface area contributed by atoms with Gasteiger partial charge in [-0.3, -0.25) is 0 Å².